The third-order valence-corrected chi connectivity index (χ3v) is 5.76. The number of carbonyl (C=O) groups is 2. The first-order valence-corrected chi connectivity index (χ1v) is 10.3. The summed E-state index contributed by atoms with van der Waals surface area (Å²) in [5, 5.41) is 6.01. The molecule has 9 heteroatoms. The molecule has 2 aliphatic rings. The van der Waals surface area contributed by atoms with Crippen LogP contribution in [0.25, 0.3) is 0 Å². The third-order valence-electron chi connectivity index (χ3n) is 5.47. The summed E-state index contributed by atoms with van der Waals surface area (Å²) in [5.41, 5.74) is 0.467. The van der Waals surface area contributed by atoms with Crippen LogP contribution < -0.4 is 10.6 Å². The van der Waals surface area contributed by atoms with Gasteiger partial charge in [-0.2, -0.15) is 0 Å². The first-order valence-electron chi connectivity index (χ1n) is 9.93. The summed E-state index contributed by atoms with van der Waals surface area (Å²) >= 11 is 5.76. The number of rotatable bonds is 2. The number of benzene rings is 1. The van der Waals surface area contributed by atoms with E-state index in [4.69, 9.17) is 11.6 Å². The molecule has 0 radical (unpaired) electrons. The second kappa shape index (κ2) is 8.85. The average molecular weight is 426 g/mol. The zero-order valence-corrected chi connectivity index (χ0v) is 17.9. The first-order chi connectivity index (χ1) is 13.6. The Morgan fingerprint density at radius 1 is 1.14 bits per heavy atom. The zero-order valence-electron chi connectivity index (χ0n) is 17.2. The number of amides is 3. The maximum atomic E-state index is 13.3. The van der Waals surface area contributed by atoms with E-state index >= 15 is 0 Å². The fourth-order valence-corrected chi connectivity index (χ4v) is 3.83. The van der Waals surface area contributed by atoms with E-state index in [9.17, 15) is 14.0 Å². The monoisotopic (exact) mass is 425 g/mol. The van der Waals surface area contributed by atoms with Gasteiger partial charge in [0.15, 0.2) is 0 Å². The van der Waals surface area contributed by atoms with Crippen molar-refractivity contribution in [2.75, 3.05) is 51.1 Å². The van der Waals surface area contributed by atoms with Crippen molar-refractivity contribution in [2.45, 2.75) is 32.4 Å². The lowest BCUT2D eigenvalue weighted by Gasteiger charge is -2.43. The Bertz CT molecular complexity index is 762. The summed E-state index contributed by atoms with van der Waals surface area (Å²) in [5.74, 6) is -0.442. The summed E-state index contributed by atoms with van der Waals surface area (Å²) in [4.78, 5) is 31.2. The van der Waals surface area contributed by atoms with E-state index in [-0.39, 0.29) is 28.5 Å². The van der Waals surface area contributed by atoms with E-state index in [0.717, 1.165) is 13.1 Å². The fraction of sp³-hybridized carbons (Fsp3) is 0.600. The quantitative estimate of drug-likeness (QED) is 0.762. The number of urea groups is 1. The molecule has 1 aromatic carbocycles. The van der Waals surface area contributed by atoms with E-state index in [1.165, 1.54) is 18.2 Å². The van der Waals surface area contributed by atoms with Crippen molar-refractivity contribution in [3.05, 3.63) is 29.0 Å². The van der Waals surface area contributed by atoms with Crippen LogP contribution in [0, 0.1) is 5.82 Å². The van der Waals surface area contributed by atoms with Gasteiger partial charge in [0.05, 0.1) is 11.1 Å². The van der Waals surface area contributed by atoms with Gasteiger partial charge in [-0.15, -0.1) is 0 Å². The van der Waals surface area contributed by atoms with Crippen LogP contribution in [0.2, 0.25) is 5.02 Å². The normalized spacial score (nSPS) is 21.2. The van der Waals surface area contributed by atoms with Gasteiger partial charge in [-0.3, -0.25) is 9.69 Å². The maximum Gasteiger partial charge on any atom is 0.321 e. The van der Waals surface area contributed by atoms with Gasteiger partial charge >= 0.3 is 6.03 Å². The molecule has 2 N–H and O–H groups in total. The highest BCUT2D eigenvalue weighted by molar-refractivity contribution is 6.31. The molecule has 160 valence electrons. The highest BCUT2D eigenvalue weighted by Gasteiger charge is 2.34. The van der Waals surface area contributed by atoms with Crippen LogP contribution in [0.1, 0.15) is 20.8 Å². The Kier molecular flexibility index (Phi) is 6.65. The minimum atomic E-state index is -0.529. The van der Waals surface area contributed by atoms with Crippen molar-refractivity contribution < 1.29 is 14.0 Å². The first kappa shape index (κ1) is 21.8. The van der Waals surface area contributed by atoms with E-state index in [0.29, 0.717) is 38.4 Å². The van der Waals surface area contributed by atoms with E-state index in [1.807, 2.05) is 4.90 Å². The summed E-state index contributed by atoms with van der Waals surface area (Å²) in [6.07, 6.45) is 0. The number of nitrogens with one attached hydrogen (secondary N) is 2. The second-order valence-corrected chi connectivity index (χ2v) is 8.90. The lowest BCUT2D eigenvalue weighted by Crippen LogP contribution is -2.63. The molecule has 7 nitrogen and oxygen atoms in total. The molecule has 3 rings (SSSR count). The molecule has 1 atom stereocenters. The van der Waals surface area contributed by atoms with E-state index < -0.39 is 5.82 Å². The molecule has 0 aliphatic carbocycles. The molecular weight excluding hydrogens is 397 g/mol. The van der Waals surface area contributed by atoms with Gasteiger partial charge in [0, 0.05) is 57.0 Å². The molecule has 2 fully saturated rings. The molecule has 0 saturated carbocycles. The van der Waals surface area contributed by atoms with Crippen molar-refractivity contribution in [2.24, 2.45) is 0 Å². The number of nitrogens with zero attached hydrogens (tertiary/aromatic N) is 3. The summed E-state index contributed by atoms with van der Waals surface area (Å²) in [6.45, 7) is 10.8. The molecule has 3 amide bonds. The van der Waals surface area contributed by atoms with Crippen LogP contribution in [0.4, 0.5) is 14.9 Å². The molecule has 0 aromatic heterocycles. The molecule has 2 aliphatic heterocycles. The number of hydrogen-bond donors (Lipinski definition) is 2. The Hall–Kier alpha value is -1.90. The van der Waals surface area contributed by atoms with Crippen LogP contribution in [0.3, 0.4) is 0 Å². The second-order valence-electron chi connectivity index (χ2n) is 8.49. The molecule has 0 spiro atoms. The molecule has 29 heavy (non-hydrogen) atoms. The summed E-state index contributed by atoms with van der Waals surface area (Å²) < 4.78 is 13.3. The van der Waals surface area contributed by atoms with E-state index in [2.05, 4.69) is 36.3 Å². The summed E-state index contributed by atoms with van der Waals surface area (Å²) in [6, 6.07) is 3.56. The van der Waals surface area contributed by atoms with Gasteiger partial charge in [-0.05, 0) is 39.0 Å². The van der Waals surface area contributed by atoms with Gasteiger partial charge in [-0.25, -0.2) is 9.18 Å². The minimum absolute atomic E-state index is 0.0284. The van der Waals surface area contributed by atoms with Gasteiger partial charge < -0.3 is 20.4 Å². The third kappa shape index (κ3) is 5.38. The summed E-state index contributed by atoms with van der Waals surface area (Å²) in [7, 11) is 0. The minimum Gasteiger partial charge on any atom is -0.338 e. The van der Waals surface area contributed by atoms with Gasteiger partial charge in [0.1, 0.15) is 5.82 Å². The molecule has 0 unspecified atom stereocenters. The number of halogens is 2. The Labute approximate surface area is 176 Å². The number of anilines is 1. The largest absolute Gasteiger partial charge is 0.338 e. The predicted octanol–water partition coefficient (Wildman–Crippen LogP) is 2.23. The van der Waals surface area contributed by atoms with Crippen LogP contribution in [-0.2, 0) is 4.79 Å². The van der Waals surface area contributed by atoms with Gasteiger partial charge in [-0.1, -0.05) is 11.6 Å². The molecule has 1 aromatic rings. The highest BCUT2D eigenvalue weighted by atomic mass is 35.5. The van der Waals surface area contributed by atoms with Gasteiger partial charge in [0.2, 0.25) is 5.91 Å². The Balaban J connectivity index is 1.51. The van der Waals surface area contributed by atoms with E-state index in [1.54, 1.807) is 4.90 Å². The number of piperazine rings is 2. The number of hydrogen-bond acceptors (Lipinski definition) is 4. The molecule has 0 bridgehead atoms. The predicted molar refractivity (Wildman–Crippen MR) is 112 cm³/mol. The number of carbonyl (C=O) groups excluding carboxylic acids is 2. The molecule has 2 heterocycles. The molecular formula is C20H29ClFN5O2. The van der Waals surface area contributed by atoms with Crippen molar-refractivity contribution in [3.8, 4) is 0 Å². The van der Waals surface area contributed by atoms with Crippen molar-refractivity contribution in [1.82, 2.24) is 20.0 Å². The topological polar surface area (TPSA) is 67.9 Å². The SMILES string of the molecule is CC(C)(C)N1CCN[C@@H](C(=O)N2CCN(C(=O)Nc3ccc(F)c(Cl)c3)CC2)C1. The highest BCUT2D eigenvalue weighted by Crippen LogP contribution is 2.20. The standard InChI is InChI=1S/C20H29ClFN5O2/c1-20(2,3)27-7-6-23-17(13-27)18(28)25-8-10-26(11-9-25)19(29)24-14-4-5-16(22)15(21)12-14/h4-5,12,17,23H,6-11,13H2,1-3H3,(H,24,29)/t17-/m1/s1. The van der Waals surface area contributed by atoms with Crippen LogP contribution in [0.5, 0.6) is 0 Å². The van der Waals surface area contributed by atoms with Crippen molar-refractivity contribution in [3.63, 3.8) is 0 Å². The average Bonchev–Trinajstić information content (AvgIpc) is 2.70. The van der Waals surface area contributed by atoms with Gasteiger partial charge in [0.25, 0.3) is 0 Å². The van der Waals surface area contributed by atoms with Crippen molar-refractivity contribution >= 4 is 29.2 Å². The molecule has 2 saturated heterocycles. The fourth-order valence-electron chi connectivity index (χ4n) is 3.65. The van der Waals surface area contributed by atoms with Crippen LogP contribution >= 0.6 is 11.6 Å². The van der Waals surface area contributed by atoms with Crippen LogP contribution in [0.15, 0.2) is 18.2 Å². The lowest BCUT2D eigenvalue weighted by molar-refractivity contribution is -0.136. The van der Waals surface area contributed by atoms with Crippen molar-refractivity contribution in [1.29, 1.82) is 0 Å². The Morgan fingerprint density at radius 2 is 1.79 bits per heavy atom. The maximum absolute atomic E-state index is 13.3. The lowest BCUT2D eigenvalue weighted by atomic mass is 10.0. The smallest absolute Gasteiger partial charge is 0.321 e. The zero-order chi connectivity index (χ0) is 21.2. The Morgan fingerprint density at radius 3 is 2.41 bits per heavy atom. The van der Waals surface area contributed by atoms with Crippen LogP contribution in [-0.4, -0.2) is 84.0 Å².